The maximum Gasteiger partial charge on any atom is 0.245 e. The average molecular weight is 170 g/mol. The van der Waals surface area contributed by atoms with Gasteiger partial charge < -0.3 is 0 Å². The van der Waals surface area contributed by atoms with Gasteiger partial charge in [0.15, 0.2) is 5.78 Å². The van der Waals surface area contributed by atoms with Crippen LogP contribution in [0.4, 0.5) is 8.78 Å². The molecule has 64 valence electrons. The Balaban J connectivity index is 2.66. The maximum atomic E-state index is 11.8. The summed E-state index contributed by atoms with van der Waals surface area (Å²) >= 11 is 0. The first-order chi connectivity index (χ1) is 5.70. The van der Waals surface area contributed by atoms with E-state index in [1.54, 1.807) is 18.2 Å². The summed E-state index contributed by atoms with van der Waals surface area (Å²) in [5.41, 5.74) is 0.345. The average Bonchev–Trinajstić information content (AvgIpc) is 2.05. The molecule has 0 spiro atoms. The van der Waals surface area contributed by atoms with E-state index in [1.807, 2.05) is 0 Å². The lowest BCUT2D eigenvalue weighted by Crippen LogP contribution is -2.04. The number of hydrogen-bond acceptors (Lipinski definition) is 1. The molecule has 1 aromatic carbocycles. The van der Waals surface area contributed by atoms with Gasteiger partial charge in [-0.05, 0) is 0 Å². The molecule has 0 amide bonds. The minimum Gasteiger partial charge on any atom is -0.294 e. The van der Waals surface area contributed by atoms with Crippen molar-refractivity contribution in [3.8, 4) is 0 Å². The van der Waals surface area contributed by atoms with E-state index in [0.717, 1.165) is 0 Å². The van der Waals surface area contributed by atoms with Crippen molar-refractivity contribution < 1.29 is 13.6 Å². The number of alkyl halides is 2. The highest BCUT2D eigenvalue weighted by molar-refractivity contribution is 5.96. The van der Waals surface area contributed by atoms with E-state index in [4.69, 9.17) is 0 Å². The highest BCUT2D eigenvalue weighted by atomic mass is 19.3. The number of benzene rings is 1. The van der Waals surface area contributed by atoms with Gasteiger partial charge in [0.2, 0.25) is 6.43 Å². The summed E-state index contributed by atoms with van der Waals surface area (Å²) in [5, 5.41) is 0. The molecule has 0 saturated heterocycles. The van der Waals surface area contributed by atoms with Crippen molar-refractivity contribution in [2.45, 2.75) is 12.8 Å². The van der Waals surface area contributed by atoms with Crippen LogP contribution in [0.3, 0.4) is 0 Å². The fraction of sp³-hybridized carbons (Fsp3) is 0.222. The molecule has 0 aliphatic carbocycles. The fourth-order valence-corrected chi connectivity index (χ4v) is 0.882. The zero-order valence-electron chi connectivity index (χ0n) is 6.34. The molecule has 0 bridgehead atoms. The Morgan fingerprint density at radius 1 is 1.25 bits per heavy atom. The summed E-state index contributed by atoms with van der Waals surface area (Å²) in [6.07, 6.45) is -3.25. The van der Waals surface area contributed by atoms with Gasteiger partial charge in [-0.3, -0.25) is 4.79 Å². The molecule has 1 rings (SSSR count). The van der Waals surface area contributed by atoms with Crippen molar-refractivity contribution in [2.24, 2.45) is 0 Å². The van der Waals surface area contributed by atoms with E-state index in [1.165, 1.54) is 12.1 Å². The van der Waals surface area contributed by atoms with E-state index in [0.29, 0.717) is 5.56 Å². The van der Waals surface area contributed by atoms with Crippen LogP contribution in [-0.4, -0.2) is 12.2 Å². The Hall–Kier alpha value is -1.25. The van der Waals surface area contributed by atoms with Gasteiger partial charge in [0.1, 0.15) is 0 Å². The molecule has 0 heterocycles. The van der Waals surface area contributed by atoms with Crippen molar-refractivity contribution in [3.05, 3.63) is 35.9 Å². The molecule has 1 nitrogen and oxygen atoms in total. The van der Waals surface area contributed by atoms with E-state index in [2.05, 4.69) is 0 Å². The second kappa shape index (κ2) is 3.95. The maximum absolute atomic E-state index is 11.8. The van der Waals surface area contributed by atoms with Crippen LogP contribution in [0.2, 0.25) is 0 Å². The van der Waals surface area contributed by atoms with Crippen LogP contribution in [0.1, 0.15) is 16.8 Å². The first-order valence-corrected chi connectivity index (χ1v) is 3.56. The van der Waals surface area contributed by atoms with Gasteiger partial charge in [0.05, 0.1) is 6.42 Å². The van der Waals surface area contributed by atoms with Crippen molar-refractivity contribution in [3.63, 3.8) is 0 Å². The summed E-state index contributed by atoms with van der Waals surface area (Å²) in [4.78, 5) is 11.0. The Labute approximate surface area is 69.0 Å². The quantitative estimate of drug-likeness (QED) is 0.637. The second-order valence-corrected chi connectivity index (χ2v) is 2.38. The van der Waals surface area contributed by atoms with Gasteiger partial charge in [-0.15, -0.1) is 0 Å². The molecular formula is C9H8F2O. The normalized spacial score (nSPS) is 10.2. The smallest absolute Gasteiger partial charge is 0.245 e. The molecule has 1 aromatic rings. The van der Waals surface area contributed by atoms with Crippen LogP contribution in [0.5, 0.6) is 0 Å². The lowest BCUT2D eigenvalue weighted by atomic mass is 10.1. The SMILES string of the molecule is O=C(CC(F)F)c1ccccc1. The van der Waals surface area contributed by atoms with Crippen LogP contribution < -0.4 is 0 Å². The molecule has 0 atom stereocenters. The zero-order chi connectivity index (χ0) is 8.97. The monoisotopic (exact) mass is 170 g/mol. The third-order valence-electron chi connectivity index (χ3n) is 1.44. The van der Waals surface area contributed by atoms with Crippen molar-refractivity contribution >= 4 is 5.78 Å². The van der Waals surface area contributed by atoms with Crippen molar-refractivity contribution in [2.75, 3.05) is 0 Å². The number of carbonyl (C=O) groups is 1. The molecule has 0 radical (unpaired) electrons. The standard InChI is InChI=1S/C9H8F2O/c10-9(11)6-8(12)7-4-2-1-3-5-7/h1-5,9H,6H2. The molecule has 0 unspecified atom stereocenters. The highest BCUT2D eigenvalue weighted by Crippen LogP contribution is 2.07. The number of Topliss-reactive ketones (excluding diaryl/α,β-unsaturated/α-hetero) is 1. The molecular weight excluding hydrogens is 162 g/mol. The van der Waals surface area contributed by atoms with Crippen LogP contribution in [-0.2, 0) is 0 Å². The third-order valence-corrected chi connectivity index (χ3v) is 1.44. The van der Waals surface area contributed by atoms with Gasteiger partial charge in [0.25, 0.3) is 0 Å². The lowest BCUT2D eigenvalue weighted by Gasteiger charge is -1.98. The summed E-state index contributed by atoms with van der Waals surface area (Å²) in [5.74, 6) is -0.509. The summed E-state index contributed by atoms with van der Waals surface area (Å²) in [6, 6.07) is 8.10. The molecule has 3 heteroatoms. The van der Waals surface area contributed by atoms with Gasteiger partial charge in [-0.2, -0.15) is 0 Å². The highest BCUT2D eigenvalue weighted by Gasteiger charge is 2.11. The van der Waals surface area contributed by atoms with Crippen molar-refractivity contribution in [1.29, 1.82) is 0 Å². The number of hydrogen-bond donors (Lipinski definition) is 0. The van der Waals surface area contributed by atoms with Crippen LogP contribution in [0, 0.1) is 0 Å². The lowest BCUT2D eigenvalue weighted by molar-refractivity contribution is 0.0829. The van der Waals surface area contributed by atoms with Crippen molar-refractivity contribution in [1.82, 2.24) is 0 Å². The molecule has 12 heavy (non-hydrogen) atoms. The third kappa shape index (κ3) is 2.42. The minimum atomic E-state index is -2.56. The van der Waals surface area contributed by atoms with E-state index < -0.39 is 18.6 Å². The van der Waals surface area contributed by atoms with Crippen LogP contribution in [0.15, 0.2) is 30.3 Å². The topological polar surface area (TPSA) is 17.1 Å². The molecule has 0 N–H and O–H groups in total. The van der Waals surface area contributed by atoms with E-state index in [9.17, 15) is 13.6 Å². The fourth-order valence-electron chi connectivity index (χ4n) is 0.882. The number of ketones is 1. The predicted octanol–water partition coefficient (Wildman–Crippen LogP) is 2.52. The molecule has 0 aromatic heterocycles. The van der Waals surface area contributed by atoms with Gasteiger partial charge in [0, 0.05) is 5.56 Å². The van der Waals surface area contributed by atoms with Gasteiger partial charge in [-0.1, -0.05) is 30.3 Å². The summed E-state index contributed by atoms with van der Waals surface area (Å²) < 4.78 is 23.5. The van der Waals surface area contributed by atoms with Crippen LogP contribution >= 0.6 is 0 Å². The first-order valence-electron chi connectivity index (χ1n) is 3.56. The Bertz CT molecular complexity index is 256. The second-order valence-electron chi connectivity index (χ2n) is 2.38. The predicted molar refractivity (Wildman–Crippen MR) is 41.4 cm³/mol. The summed E-state index contributed by atoms with van der Waals surface area (Å²) in [7, 11) is 0. The minimum absolute atomic E-state index is 0.345. The molecule has 0 saturated carbocycles. The Morgan fingerprint density at radius 2 is 1.83 bits per heavy atom. The van der Waals surface area contributed by atoms with Gasteiger partial charge in [-0.25, -0.2) is 8.78 Å². The van der Waals surface area contributed by atoms with Gasteiger partial charge >= 0.3 is 0 Å². The molecule has 0 aliphatic heterocycles. The van der Waals surface area contributed by atoms with E-state index >= 15 is 0 Å². The zero-order valence-corrected chi connectivity index (χ0v) is 6.34. The Morgan fingerprint density at radius 3 is 2.33 bits per heavy atom. The largest absolute Gasteiger partial charge is 0.294 e. The molecule has 0 aliphatic rings. The number of rotatable bonds is 3. The summed E-state index contributed by atoms with van der Waals surface area (Å²) in [6.45, 7) is 0. The van der Waals surface area contributed by atoms with E-state index in [-0.39, 0.29) is 0 Å². The molecule has 0 fully saturated rings. The van der Waals surface area contributed by atoms with Crippen LogP contribution in [0.25, 0.3) is 0 Å². The number of halogens is 2. The Kier molecular flexibility index (Phi) is 2.91. The first kappa shape index (κ1) is 8.84. The number of carbonyl (C=O) groups excluding carboxylic acids is 1.